The molecule has 0 bridgehead atoms. The van der Waals surface area contributed by atoms with Gasteiger partial charge in [-0.1, -0.05) is 18.2 Å². The number of rotatable bonds is 3. The molecule has 1 N–H and O–H groups in total. The van der Waals surface area contributed by atoms with Crippen LogP contribution in [0.1, 0.15) is 23.2 Å². The van der Waals surface area contributed by atoms with Crippen LogP contribution in [0, 0.1) is 0 Å². The third-order valence-electron chi connectivity index (χ3n) is 4.63. The standard InChI is InChI=1S/C20H20N2O4/c23-19-13-25-18-7-6-14(12-17(18)21-19)20(24)22-10-8-16(9-11-22)26-15-4-2-1-3-5-15/h1-7,12,16H,8-11,13H2,(H,21,23). The number of hydrogen-bond acceptors (Lipinski definition) is 4. The number of carbonyl (C=O) groups excluding carboxylic acids is 2. The van der Waals surface area contributed by atoms with Gasteiger partial charge in [0.2, 0.25) is 0 Å². The van der Waals surface area contributed by atoms with Crippen LogP contribution in [-0.4, -0.2) is 42.5 Å². The highest BCUT2D eigenvalue weighted by Crippen LogP contribution is 2.29. The Morgan fingerprint density at radius 2 is 1.88 bits per heavy atom. The first-order valence-corrected chi connectivity index (χ1v) is 8.77. The predicted octanol–water partition coefficient (Wildman–Crippen LogP) is 2.70. The van der Waals surface area contributed by atoms with Crippen LogP contribution in [0.2, 0.25) is 0 Å². The molecular weight excluding hydrogens is 332 g/mol. The Kier molecular flexibility index (Phi) is 4.48. The highest BCUT2D eigenvalue weighted by Gasteiger charge is 2.26. The largest absolute Gasteiger partial charge is 0.490 e. The molecule has 0 spiro atoms. The average molecular weight is 352 g/mol. The maximum Gasteiger partial charge on any atom is 0.262 e. The number of para-hydroxylation sites is 1. The second-order valence-electron chi connectivity index (χ2n) is 6.47. The van der Waals surface area contributed by atoms with Crippen LogP contribution in [-0.2, 0) is 4.79 Å². The van der Waals surface area contributed by atoms with Crippen LogP contribution in [0.3, 0.4) is 0 Å². The van der Waals surface area contributed by atoms with Crippen molar-refractivity contribution in [1.29, 1.82) is 0 Å². The zero-order valence-electron chi connectivity index (χ0n) is 14.3. The van der Waals surface area contributed by atoms with Crippen molar-refractivity contribution < 1.29 is 19.1 Å². The number of amides is 2. The van der Waals surface area contributed by atoms with E-state index in [1.807, 2.05) is 35.2 Å². The highest BCUT2D eigenvalue weighted by molar-refractivity contribution is 5.99. The Morgan fingerprint density at radius 1 is 1.12 bits per heavy atom. The normalized spacial score (nSPS) is 17.1. The molecule has 0 saturated carbocycles. The van der Waals surface area contributed by atoms with Gasteiger partial charge in [0.25, 0.3) is 11.8 Å². The molecule has 2 aromatic rings. The van der Waals surface area contributed by atoms with E-state index >= 15 is 0 Å². The van der Waals surface area contributed by atoms with Gasteiger partial charge in [0.1, 0.15) is 17.6 Å². The molecule has 0 aliphatic carbocycles. The van der Waals surface area contributed by atoms with Gasteiger partial charge in [-0.2, -0.15) is 0 Å². The minimum absolute atomic E-state index is 0.00915. The molecule has 0 unspecified atom stereocenters. The molecule has 6 heteroatoms. The summed E-state index contributed by atoms with van der Waals surface area (Å²) in [7, 11) is 0. The Hall–Kier alpha value is -3.02. The molecule has 2 aliphatic heterocycles. The lowest BCUT2D eigenvalue weighted by Crippen LogP contribution is -2.41. The molecule has 1 fully saturated rings. The van der Waals surface area contributed by atoms with Gasteiger partial charge in [-0.05, 0) is 30.3 Å². The minimum atomic E-state index is -0.207. The molecule has 6 nitrogen and oxygen atoms in total. The van der Waals surface area contributed by atoms with Crippen molar-refractivity contribution in [3.63, 3.8) is 0 Å². The molecule has 2 aliphatic rings. The summed E-state index contributed by atoms with van der Waals surface area (Å²) in [5.74, 6) is 1.21. The van der Waals surface area contributed by atoms with Crippen LogP contribution in [0.25, 0.3) is 0 Å². The van der Waals surface area contributed by atoms with E-state index in [0.717, 1.165) is 18.6 Å². The predicted molar refractivity (Wildman–Crippen MR) is 96.6 cm³/mol. The second kappa shape index (κ2) is 7.07. The van der Waals surface area contributed by atoms with Gasteiger partial charge in [-0.15, -0.1) is 0 Å². The third-order valence-corrected chi connectivity index (χ3v) is 4.63. The molecule has 4 rings (SSSR count). The summed E-state index contributed by atoms with van der Waals surface area (Å²) in [4.78, 5) is 26.0. The molecule has 1 saturated heterocycles. The van der Waals surface area contributed by atoms with Crippen molar-refractivity contribution >= 4 is 17.5 Å². The SMILES string of the molecule is O=C1COc2ccc(C(=O)N3CCC(Oc4ccccc4)CC3)cc2N1. The van der Waals surface area contributed by atoms with E-state index in [4.69, 9.17) is 9.47 Å². The fraction of sp³-hybridized carbons (Fsp3) is 0.300. The fourth-order valence-corrected chi connectivity index (χ4v) is 3.27. The molecule has 2 amide bonds. The maximum absolute atomic E-state index is 12.8. The van der Waals surface area contributed by atoms with Gasteiger partial charge in [0.15, 0.2) is 6.61 Å². The highest BCUT2D eigenvalue weighted by atomic mass is 16.5. The van der Waals surface area contributed by atoms with E-state index in [1.165, 1.54) is 0 Å². The molecule has 0 radical (unpaired) electrons. The number of anilines is 1. The lowest BCUT2D eigenvalue weighted by molar-refractivity contribution is -0.118. The summed E-state index contributed by atoms with van der Waals surface area (Å²) in [5, 5.41) is 2.74. The average Bonchev–Trinajstić information content (AvgIpc) is 2.68. The number of fused-ring (bicyclic) bond motifs is 1. The maximum atomic E-state index is 12.8. The number of nitrogens with zero attached hydrogens (tertiary/aromatic N) is 1. The van der Waals surface area contributed by atoms with Crippen molar-refractivity contribution in [3.05, 3.63) is 54.1 Å². The van der Waals surface area contributed by atoms with Crippen LogP contribution >= 0.6 is 0 Å². The van der Waals surface area contributed by atoms with Gasteiger partial charge in [0.05, 0.1) is 5.69 Å². The van der Waals surface area contributed by atoms with Crippen molar-refractivity contribution in [2.24, 2.45) is 0 Å². The molecule has 2 aromatic carbocycles. The minimum Gasteiger partial charge on any atom is -0.490 e. The smallest absolute Gasteiger partial charge is 0.262 e. The van der Waals surface area contributed by atoms with Gasteiger partial charge in [-0.25, -0.2) is 0 Å². The van der Waals surface area contributed by atoms with Gasteiger partial charge in [0, 0.05) is 31.5 Å². The number of nitrogens with one attached hydrogen (secondary N) is 1. The lowest BCUT2D eigenvalue weighted by atomic mass is 10.1. The van der Waals surface area contributed by atoms with Gasteiger partial charge in [-0.3, -0.25) is 9.59 Å². The fourth-order valence-electron chi connectivity index (χ4n) is 3.27. The molecule has 0 aromatic heterocycles. The molecule has 134 valence electrons. The quantitative estimate of drug-likeness (QED) is 0.922. The summed E-state index contributed by atoms with van der Waals surface area (Å²) in [5.41, 5.74) is 1.10. The number of carbonyl (C=O) groups is 2. The summed E-state index contributed by atoms with van der Waals surface area (Å²) < 4.78 is 11.3. The third kappa shape index (κ3) is 3.49. The summed E-state index contributed by atoms with van der Waals surface area (Å²) in [6, 6.07) is 14.9. The Bertz CT molecular complexity index is 814. The lowest BCUT2D eigenvalue weighted by Gasteiger charge is -2.32. The van der Waals surface area contributed by atoms with E-state index in [9.17, 15) is 9.59 Å². The van der Waals surface area contributed by atoms with Gasteiger partial charge >= 0.3 is 0 Å². The Balaban J connectivity index is 1.38. The van der Waals surface area contributed by atoms with Crippen molar-refractivity contribution in [3.8, 4) is 11.5 Å². The van der Waals surface area contributed by atoms with Crippen molar-refractivity contribution in [2.45, 2.75) is 18.9 Å². The number of ether oxygens (including phenoxy) is 2. The first kappa shape index (κ1) is 16.4. The van der Waals surface area contributed by atoms with Crippen LogP contribution in [0.4, 0.5) is 5.69 Å². The topological polar surface area (TPSA) is 67.9 Å². The second-order valence-corrected chi connectivity index (χ2v) is 6.47. The zero-order valence-corrected chi connectivity index (χ0v) is 14.3. The van der Waals surface area contributed by atoms with E-state index in [-0.39, 0.29) is 24.5 Å². The van der Waals surface area contributed by atoms with E-state index in [2.05, 4.69) is 5.32 Å². The van der Waals surface area contributed by atoms with Crippen LogP contribution < -0.4 is 14.8 Å². The Labute approximate surface area is 151 Å². The van der Waals surface area contributed by atoms with E-state index in [0.29, 0.717) is 30.1 Å². The summed E-state index contributed by atoms with van der Waals surface area (Å²) >= 11 is 0. The van der Waals surface area contributed by atoms with Crippen molar-refractivity contribution in [1.82, 2.24) is 4.90 Å². The zero-order chi connectivity index (χ0) is 17.9. The van der Waals surface area contributed by atoms with E-state index in [1.54, 1.807) is 18.2 Å². The summed E-state index contributed by atoms with van der Waals surface area (Å²) in [6.45, 7) is 1.31. The number of benzene rings is 2. The summed E-state index contributed by atoms with van der Waals surface area (Å²) in [6.07, 6.45) is 1.72. The number of likely N-dealkylation sites (tertiary alicyclic amines) is 1. The first-order valence-electron chi connectivity index (χ1n) is 8.77. The monoisotopic (exact) mass is 352 g/mol. The molecule has 26 heavy (non-hydrogen) atoms. The Morgan fingerprint density at radius 3 is 2.65 bits per heavy atom. The number of hydrogen-bond donors (Lipinski definition) is 1. The van der Waals surface area contributed by atoms with E-state index < -0.39 is 0 Å². The van der Waals surface area contributed by atoms with Gasteiger partial charge < -0.3 is 19.7 Å². The van der Waals surface area contributed by atoms with Crippen LogP contribution in [0.15, 0.2) is 48.5 Å². The molecule has 0 atom stereocenters. The molecule has 2 heterocycles. The molecular formula is C20H20N2O4. The van der Waals surface area contributed by atoms with Crippen molar-refractivity contribution in [2.75, 3.05) is 25.0 Å². The first-order chi connectivity index (χ1) is 12.7. The number of piperidine rings is 1. The van der Waals surface area contributed by atoms with Crippen LogP contribution in [0.5, 0.6) is 11.5 Å².